The van der Waals surface area contributed by atoms with E-state index in [1.165, 1.54) is 0 Å². The van der Waals surface area contributed by atoms with Crippen molar-refractivity contribution in [3.05, 3.63) is 0 Å². The van der Waals surface area contributed by atoms with Crippen LogP contribution >= 0.6 is 11.8 Å². The fourth-order valence-corrected chi connectivity index (χ4v) is 2.87. The van der Waals surface area contributed by atoms with E-state index in [1.54, 1.807) is 23.7 Å². The number of nitrogens with two attached hydrogens (primary N) is 1. The number of amides is 1. The van der Waals surface area contributed by atoms with Crippen molar-refractivity contribution in [2.24, 2.45) is 22.2 Å². The Hall–Kier alpha value is -0.910. The van der Waals surface area contributed by atoms with Crippen LogP contribution in [0.4, 0.5) is 0 Å². The van der Waals surface area contributed by atoms with Crippen molar-refractivity contribution < 1.29 is 10.0 Å². The second-order valence-corrected chi connectivity index (χ2v) is 5.79. The minimum atomic E-state index is -0.763. The Bertz CT molecular complexity index is 314. The zero-order valence-electron chi connectivity index (χ0n) is 10.6. The summed E-state index contributed by atoms with van der Waals surface area (Å²) in [6.45, 7) is 2.76. The molecule has 3 N–H and O–H groups in total. The first kappa shape index (κ1) is 14.2. The molecule has 17 heavy (non-hydrogen) atoms. The number of hydrogen-bond acceptors (Lipinski definition) is 4. The first-order valence-corrected chi connectivity index (χ1v) is 7.10. The molecule has 1 amide bonds. The molecule has 0 heterocycles. The summed E-state index contributed by atoms with van der Waals surface area (Å²) in [5.74, 6) is 1.37. The van der Waals surface area contributed by atoms with E-state index in [9.17, 15) is 4.79 Å². The zero-order chi connectivity index (χ0) is 13.1. The molecule has 5 nitrogen and oxygen atoms in total. The number of rotatable bonds is 5. The van der Waals surface area contributed by atoms with Gasteiger partial charge in [0.1, 0.15) is 5.41 Å². The molecule has 0 radical (unpaired) electrons. The Labute approximate surface area is 106 Å². The smallest absolute Gasteiger partial charge is 0.236 e. The van der Waals surface area contributed by atoms with Gasteiger partial charge in [-0.25, -0.2) is 0 Å². The molecule has 0 saturated heterocycles. The third-order valence-corrected chi connectivity index (χ3v) is 3.97. The standard InChI is InChI=1S/C11H21N3O2S/c1-8-6-11(7-8,9(12)13-16)10(15)14(2)4-5-17-3/h8,16H,4-7H2,1-3H3,(H2,12,13). The van der Waals surface area contributed by atoms with Gasteiger partial charge in [-0.05, 0) is 25.0 Å². The number of thioether (sulfide) groups is 1. The van der Waals surface area contributed by atoms with Gasteiger partial charge < -0.3 is 15.8 Å². The predicted molar refractivity (Wildman–Crippen MR) is 70.3 cm³/mol. The molecule has 98 valence electrons. The van der Waals surface area contributed by atoms with Crippen LogP contribution in [0.1, 0.15) is 19.8 Å². The van der Waals surface area contributed by atoms with Crippen molar-refractivity contribution in [2.75, 3.05) is 25.6 Å². The normalized spacial score (nSPS) is 28.6. The first-order chi connectivity index (χ1) is 7.97. The van der Waals surface area contributed by atoms with Crippen molar-refractivity contribution in [3.63, 3.8) is 0 Å². The first-order valence-electron chi connectivity index (χ1n) is 5.70. The summed E-state index contributed by atoms with van der Waals surface area (Å²) in [5, 5.41) is 11.9. The second kappa shape index (κ2) is 5.62. The third kappa shape index (κ3) is 2.68. The van der Waals surface area contributed by atoms with E-state index < -0.39 is 5.41 Å². The maximum atomic E-state index is 12.3. The molecular weight excluding hydrogens is 238 g/mol. The van der Waals surface area contributed by atoms with Gasteiger partial charge >= 0.3 is 0 Å². The zero-order valence-corrected chi connectivity index (χ0v) is 11.5. The number of carbonyl (C=O) groups is 1. The van der Waals surface area contributed by atoms with Gasteiger partial charge in [0.05, 0.1) is 0 Å². The van der Waals surface area contributed by atoms with Crippen molar-refractivity contribution in [1.82, 2.24) is 4.90 Å². The summed E-state index contributed by atoms with van der Waals surface area (Å²) in [7, 11) is 1.77. The molecular formula is C11H21N3O2S. The van der Waals surface area contributed by atoms with Crippen LogP contribution in [0.25, 0.3) is 0 Å². The molecule has 0 aromatic rings. The Balaban J connectivity index is 2.75. The van der Waals surface area contributed by atoms with Crippen LogP contribution in [0.5, 0.6) is 0 Å². The highest BCUT2D eigenvalue weighted by atomic mass is 32.2. The average molecular weight is 259 g/mol. The molecule has 0 aliphatic heterocycles. The Morgan fingerprint density at radius 1 is 1.65 bits per heavy atom. The van der Waals surface area contributed by atoms with E-state index in [-0.39, 0.29) is 11.7 Å². The minimum Gasteiger partial charge on any atom is -0.409 e. The molecule has 0 atom stereocenters. The summed E-state index contributed by atoms with van der Waals surface area (Å²) in [5.41, 5.74) is 4.93. The Kier molecular flexibility index (Phi) is 4.68. The maximum Gasteiger partial charge on any atom is 0.236 e. The summed E-state index contributed by atoms with van der Waals surface area (Å²) in [6.07, 6.45) is 3.35. The molecule has 1 saturated carbocycles. The number of carbonyl (C=O) groups excluding carboxylic acids is 1. The van der Waals surface area contributed by atoms with Gasteiger partial charge in [-0.15, -0.1) is 0 Å². The number of nitrogens with zero attached hydrogens (tertiary/aromatic N) is 2. The summed E-state index contributed by atoms with van der Waals surface area (Å²) in [4.78, 5) is 14.0. The minimum absolute atomic E-state index is 0.0278. The molecule has 1 fully saturated rings. The van der Waals surface area contributed by atoms with Crippen LogP contribution in [-0.4, -0.2) is 47.5 Å². The fourth-order valence-electron chi connectivity index (χ4n) is 2.41. The molecule has 1 rings (SSSR count). The van der Waals surface area contributed by atoms with Crippen molar-refractivity contribution in [2.45, 2.75) is 19.8 Å². The SMILES string of the molecule is CSCCN(C)C(=O)C1(C(N)=NO)CC(C)C1. The van der Waals surface area contributed by atoms with E-state index in [1.807, 2.05) is 6.26 Å². The van der Waals surface area contributed by atoms with Crippen LogP contribution in [0, 0.1) is 11.3 Å². The molecule has 6 heteroatoms. The van der Waals surface area contributed by atoms with E-state index in [4.69, 9.17) is 10.9 Å². The summed E-state index contributed by atoms with van der Waals surface area (Å²) >= 11 is 1.69. The van der Waals surface area contributed by atoms with Gasteiger partial charge in [-0.3, -0.25) is 4.79 Å². The average Bonchev–Trinajstić information content (AvgIpc) is 2.29. The van der Waals surface area contributed by atoms with E-state index in [2.05, 4.69) is 12.1 Å². The van der Waals surface area contributed by atoms with Gasteiger partial charge in [-0.1, -0.05) is 12.1 Å². The van der Waals surface area contributed by atoms with Gasteiger partial charge in [-0.2, -0.15) is 11.8 Å². The molecule has 0 spiro atoms. The highest BCUT2D eigenvalue weighted by Crippen LogP contribution is 2.46. The van der Waals surface area contributed by atoms with E-state index in [0.717, 1.165) is 5.75 Å². The second-order valence-electron chi connectivity index (χ2n) is 4.80. The predicted octanol–water partition coefficient (Wildman–Crippen LogP) is 0.971. The Morgan fingerprint density at radius 3 is 2.65 bits per heavy atom. The quantitative estimate of drug-likeness (QED) is 0.334. The van der Waals surface area contributed by atoms with Crippen LogP contribution in [0.3, 0.4) is 0 Å². The molecule has 1 aliphatic rings. The van der Waals surface area contributed by atoms with Gasteiger partial charge in [0, 0.05) is 19.3 Å². The Morgan fingerprint density at radius 2 is 2.24 bits per heavy atom. The topological polar surface area (TPSA) is 78.9 Å². The van der Waals surface area contributed by atoms with Gasteiger partial charge in [0.2, 0.25) is 5.91 Å². The van der Waals surface area contributed by atoms with Crippen molar-refractivity contribution in [1.29, 1.82) is 0 Å². The molecule has 1 aliphatic carbocycles. The monoisotopic (exact) mass is 259 g/mol. The lowest BCUT2D eigenvalue weighted by Crippen LogP contribution is -2.57. The number of amidine groups is 1. The summed E-state index contributed by atoms with van der Waals surface area (Å²) < 4.78 is 0. The van der Waals surface area contributed by atoms with Crippen molar-refractivity contribution >= 4 is 23.5 Å². The van der Waals surface area contributed by atoms with Gasteiger partial charge in [0.25, 0.3) is 0 Å². The van der Waals surface area contributed by atoms with Crippen LogP contribution < -0.4 is 5.73 Å². The highest BCUT2D eigenvalue weighted by molar-refractivity contribution is 7.98. The molecule has 0 bridgehead atoms. The van der Waals surface area contributed by atoms with E-state index in [0.29, 0.717) is 25.3 Å². The highest BCUT2D eigenvalue weighted by Gasteiger charge is 2.53. The largest absolute Gasteiger partial charge is 0.409 e. The lowest BCUT2D eigenvalue weighted by molar-refractivity contribution is -0.142. The van der Waals surface area contributed by atoms with E-state index >= 15 is 0 Å². The van der Waals surface area contributed by atoms with Crippen LogP contribution in [-0.2, 0) is 4.79 Å². The van der Waals surface area contributed by atoms with Crippen molar-refractivity contribution in [3.8, 4) is 0 Å². The third-order valence-electron chi connectivity index (χ3n) is 3.38. The fraction of sp³-hybridized carbons (Fsp3) is 0.818. The summed E-state index contributed by atoms with van der Waals surface area (Å²) in [6, 6.07) is 0. The molecule has 0 aromatic heterocycles. The van der Waals surface area contributed by atoms with Crippen LogP contribution in [0.2, 0.25) is 0 Å². The molecule has 0 aromatic carbocycles. The number of oxime groups is 1. The lowest BCUT2D eigenvalue weighted by Gasteiger charge is -2.45. The number of hydrogen-bond donors (Lipinski definition) is 2. The molecule has 0 unspecified atom stereocenters. The van der Waals surface area contributed by atoms with Crippen LogP contribution in [0.15, 0.2) is 5.16 Å². The maximum absolute atomic E-state index is 12.3. The lowest BCUT2D eigenvalue weighted by atomic mass is 9.61. The van der Waals surface area contributed by atoms with Gasteiger partial charge in [0.15, 0.2) is 5.84 Å².